The van der Waals surface area contributed by atoms with Crippen LogP contribution in [0.1, 0.15) is 0 Å². The quantitative estimate of drug-likeness (QED) is 0.801. The summed E-state index contributed by atoms with van der Waals surface area (Å²) >= 11 is 11.9. The molecule has 8 heteroatoms. The molecule has 0 fully saturated rings. The number of H-pyrrole nitrogens is 1. The molecule has 20 heavy (non-hydrogen) atoms. The van der Waals surface area contributed by atoms with Crippen LogP contribution in [0.3, 0.4) is 0 Å². The predicted octanol–water partition coefficient (Wildman–Crippen LogP) is 3.44. The largest absolute Gasteiger partial charge is 0.496 e. The van der Waals surface area contributed by atoms with Crippen molar-refractivity contribution in [2.45, 2.75) is 0 Å². The lowest BCUT2D eigenvalue weighted by molar-refractivity contribution is 0.413. The van der Waals surface area contributed by atoms with Gasteiger partial charge in [-0.25, -0.2) is 0 Å². The molecule has 0 unspecified atom stereocenters. The van der Waals surface area contributed by atoms with E-state index in [1.165, 1.54) is 6.20 Å². The van der Waals surface area contributed by atoms with Crippen LogP contribution in [0.4, 0.5) is 0 Å². The molecule has 0 atom stereocenters. The van der Waals surface area contributed by atoms with Gasteiger partial charge in [0.05, 0.1) is 23.9 Å². The second kappa shape index (κ2) is 5.15. The summed E-state index contributed by atoms with van der Waals surface area (Å²) in [5.41, 5.74) is 1.09. The molecule has 1 N–H and O–H groups in total. The Morgan fingerprint density at radius 3 is 2.85 bits per heavy atom. The van der Waals surface area contributed by atoms with Crippen molar-refractivity contribution in [3.63, 3.8) is 0 Å². The number of hydrogen-bond donors (Lipinski definition) is 1. The van der Waals surface area contributed by atoms with Crippen LogP contribution in [0.25, 0.3) is 23.0 Å². The molecule has 0 aliphatic carbocycles. The fourth-order valence-corrected chi connectivity index (χ4v) is 2.05. The SMILES string of the molecule is COc1ccc(Cl)cc1-c1noc(-c2[nH]ncc2Cl)n1. The Labute approximate surface area is 123 Å². The third kappa shape index (κ3) is 2.23. The number of methoxy groups -OCH3 is 1. The normalized spacial score (nSPS) is 10.8. The standard InChI is InChI=1S/C12H8Cl2N4O2/c1-19-9-3-2-6(13)4-7(9)11-16-12(20-18-11)10-8(14)5-15-17-10/h2-5H,1H3,(H,15,17). The van der Waals surface area contributed by atoms with E-state index in [0.717, 1.165) is 0 Å². The van der Waals surface area contributed by atoms with Crippen LogP contribution in [0.15, 0.2) is 28.9 Å². The van der Waals surface area contributed by atoms with Gasteiger partial charge < -0.3 is 9.26 Å². The molecule has 0 spiro atoms. The first kappa shape index (κ1) is 13.0. The van der Waals surface area contributed by atoms with Gasteiger partial charge in [-0.1, -0.05) is 28.4 Å². The number of benzene rings is 1. The molecular weight excluding hydrogens is 303 g/mol. The Balaban J connectivity index is 2.07. The number of nitrogens with zero attached hydrogens (tertiary/aromatic N) is 3. The zero-order valence-corrected chi connectivity index (χ0v) is 11.7. The molecule has 0 amide bonds. The van der Waals surface area contributed by atoms with Crippen LogP contribution in [0, 0.1) is 0 Å². The minimum absolute atomic E-state index is 0.240. The lowest BCUT2D eigenvalue weighted by Gasteiger charge is -2.04. The Bertz CT molecular complexity index is 754. The lowest BCUT2D eigenvalue weighted by Crippen LogP contribution is -1.89. The summed E-state index contributed by atoms with van der Waals surface area (Å²) in [6.07, 6.45) is 1.46. The van der Waals surface area contributed by atoms with Crippen molar-refractivity contribution in [3.05, 3.63) is 34.4 Å². The van der Waals surface area contributed by atoms with Crippen LogP contribution in [-0.2, 0) is 0 Å². The molecule has 6 nitrogen and oxygen atoms in total. The van der Waals surface area contributed by atoms with Crippen molar-refractivity contribution in [1.82, 2.24) is 20.3 Å². The minimum Gasteiger partial charge on any atom is -0.496 e. The molecule has 3 rings (SSSR count). The van der Waals surface area contributed by atoms with Gasteiger partial charge in [0.25, 0.3) is 5.89 Å². The molecule has 0 bridgehead atoms. The predicted molar refractivity (Wildman–Crippen MR) is 73.9 cm³/mol. The van der Waals surface area contributed by atoms with Gasteiger partial charge in [0, 0.05) is 5.02 Å². The number of nitrogens with one attached hydrogen (secondary N) is 1. The fourth-order valence-electron chi connectivity index (χ4n) is 1.71. The maximum Gasteiger partial charge on any atom is 0.277 e. The number of ether oxygens (including phenoxy) is 1. The number of aromatic amines is 1. The zero-order chi connectivity index (χ0) is 14.1. The van der Waals surface area contributed by atoms with Crippen molar-refractivity contribution < 1.29 is 9.26 Å². The molecule has 0 aliphatic heterocycles. The van der Waals surface area contributed by atoms with Gasteiger partial charge in [-0.15, -0.1) is 0 Å². The van der Waals surface area contributed by atoms with Gasteiger partial charge in [0.1, 0.15) is 11.4 Å². The second-order valence-electron chi connectivity index (χ2n) is 3.86. The highest BCUT2D eigenvalue weighted by molar-refractivity contribution is 6.32. The van der Waals surface area contributed by atoms with Gasteiger partial charge in [-0.05, 0) is 18.2 Å². The summed E-state index contributed by atoms with van der Waals surface area (Å²) in [7, 11) is 1.56. The van der Waals surface area contributed by atoms with Gasteiger partial charge in [0.2, 0.25) is 5.82 Å². The van der Waals surface area contributed by atoms with Crippen LogP contribution >= 0.6 is 23.2 Å². The average molecular weight is 311 g/mol. The van der Waals surface area contributed by atoms with E-state index in [9.17, 15) is 0 Å². The molecular formula is C12H8Cl2N4O2. The van der Waals surface area contributed by atoms with Crippen LogP contribution in [0.2, 0.25) is 10.0 Å². The molecule has 0 radical (unpaired) electrons. The van der Waals surface area contributed by atoms with Crippen molar-refractivity contribution >= 4 is 23.2 Å². The van der Waals surface area contributed by atoms with E-state index in [4.69, 9.17) is 32.5 Å². The third-order valence-electron chi connectivity index (χ3n) is 2.64. The summed E-state index contributed by atoms with van der Waals surface area (Å²) in [6.45, 7) is 0. The molecule has 0 aliphatic rings. The minimum atomic E-state index is 0.240. The molecule has 2 heterocycles. The summed E-state index contributed by atoms with van der Waals surface area (Å²) in [6, 6.07) is 5.15. The summed E-state index contributed by atoms with van der Waals surface area (Å²) in [4.78, 5) is 4.26. The van der Waals surface area contributed by atoms with Crippen molar-refractivity contribution in [2.75, 3.05) is 7.11 Å². The average Bonchev–Trinajstić information content (AvgIpc) is 3.07. The highest BCUT2D eigenvalue weighted by atomic mass is 35.5. The Morgan fingerprint density at radius 2 is 2.15 bits per heavy atom. The number of hydrogen-bond acceptors (Lipinski definition) is 5. The van der Waals surface area contributed by atoms with Crippen LogP contribution < -0.4 is 4.74 Å². The van der Waals surface area contributed by atoms with Gasteiger partial charge in [-0.2, -0.15) is 10.1 Å². The first-order valence-electron chi connectivity index (χ1n) is 5.56. The monoisotopic (exact) mass is 310 g/mol. The highest BCUT2D eigenvalue weighted by Crippen LogP contribution is 2.32. The Morgan fingerprint density at radius 1 is 1.30 bits per heavy atom. The topological polar surface area (TPSA) is 76.8 Å². The number of halogens is 2. The van der Waals surface area contributed by atoms with Crippen molar-refractivity contribution in [3.8, 4) is 28.7 Å². The molecule has 102 valence electrons. The van der Waals surface area contributed by atoms with E-state index in [1.807, 2.05) is 0 Å². The number of aromatic nitrogens is 4. The first-order valence-corrected chi connectivity index (χ1v) is 6.31. The van der Waals surface area contributed by atoms with Crippen molar-refractivity contribution in [1.29, 1.82) is 0 Å². The Kier molecular flexibility index (Phi) is 3.33. The molecule has 1 aromatic carbocycles. The summed E-state index contributed by atoms with van der Waals surface area (Å²) < 4.78 is 10.4. The summed E-state index contributed by atoms with van der Waals surface area (Å²) in [5, 5.41) is 11.3. The van der Waals surface area contributed by atoms with E-state index in [2.05, 4.69) is 20.3 Å². The number of rotatable bonds is 3. The molecule has 3 aromatic rings. The first-order chi connectivity index (χ1) is 9.69. The van der Waals surface area contributed by atoms with Gasteiger partial charge >= 0.3 is 0 Å². The van der Waals surface area contributed by atoms with E-state index in [1.54, 1.807) is 25.3 Å². The fraction of sp³-hybridized carbons (Fsp3) is 0.0833. The zero-order valence-electron chi connectivity index (χ0n) is 10.2. The van der Waals surface area contributed by atoms with Gasteiger partial charge in [-0.3, -0.25) is 5.10 Å². The van der Waals surface area contributed by atoms with E-state index >= 15 is 0 Å². The maximum absolute atomic E-state index is 5.98. The molecule has 2 aromatic heterocycles. The second-order valence-corrected chi connectivity index (χ2v) is 4.70. The Hall–Kier alpha value is -2.05. The van der Waals surface area contributed by atoms with E-state index < -0.39 is 0 Å². The highest BCUT2D eigenvalue weighted by Gasteiger charge is 2.17. The smallest absolute Gasteiger partial charge is 0.277 e. The summed E-state index contributed by atoms with van der Waals surface area (Å²) in [5.74, 6) is 1.19. The van der Waals surface area contributed by atoms with E-state index in [0.29, 0.717) is 32.9 Å². The van der Waals surface area contributed by atoms with Crippen molar-refractivity contribution in [2.24, 2.45) is 0 Å². The van der Waals surface area contributed by atoms with E-state index in [-0.39, 0.29) is 5.89 Å². The lowest BCUT2D eigenvalue weighted by atomic mass is 10.2. The molecule has 0 saturated carbocycles. The van der Waals surface area contributed by atoms with Gasteiger partial charge in [0.15, 0.2) is 0 Å². The third-order valence-corrected chi connectivity index (χ3v) is 3.16. The van der Waals surface area contributed by atoms with Crippen LogP contribution in [0.5, 0.6) is 5.75 Å². The molecule has 0 saturated heterocycles. The maximum atomic E-state index is 5.98. The van der Waals surface area contributed by atoms with Crippen LogP contribution in [-0.4, -0.2) is 27.4 Å².